The highest BCUT2D eigenvalue weighted by Crippen LogP contribution is 2.36. The molecule has 0 bridgehead atoms. The largest absolute Gasteiger partial charge is 0.329 e. The van der Waals surface area contributed by atoms with Crippen molar-refractivity contribution in [2.24, 2.45) is 0 Å². The monoisotopic (exact) mass is 314 g/mol. The van der Waals surface area contributed by atoms with Crippen LogP contribution in [0.2, 0.25) is 0 Å². The van der Waals surface area contributed by atoms with Crippen molar-refractivity contribution in [3.8, 4) is 0 Å². The van der Waals surface area contributed by atoms with Gasteiger partial charge in [0.2, 0.25) is 8.38 Å². The molecule has 0 saturated heterocycles. The van der Waals surface area contributed by atoms with Gasteiger partial charge in [0.1, 0.15) is 26.3 Å². The number of quaternary nitrogens is 2. The minimum Gasteiger partial charge on any atom is -0.329 e. The summed E-state index contributed by atoms with van der Waals surface area (Å²) in [5.74, 6) is 0. The van der Waals surface area contributed by atoms with Gasteiger partial charge in [0.25, 0.3) is 0 Å². The molecule has 0 aliphatic heterocycles. The third-order valence-electron chi connectivity index (χ3n) is 2.91. The summed E-state index contributed by atoms with van der Waals surface area (Å²) in [5, 5.41) is 1.15. The van der Waals surface area contributed by atoms with Crippen LogP contribution in [-0.2, 0) is 9.05 Å². The van der Waals surface area contributed by atoms with Crippen LogP contribution in [0.1, 0.15) is 0 Å². The van der Waals surface area contributed by atoms with Gasteiger partial charge in [0, 0.05) is 5.30 Å². The van der Waals surface area contributed by atoms with E-state index in [2.05, 4.69) is 54.4 Å². The fourth-order valence-corrected chi connectivity index (χ4v) is 2.81. The Bertz CT molecular complexity index is 379. The third-order valence-corrected chi connectivity index (χ3v) is 4.46. The molecule has 0 fully saturated rings. The van der Waals surface area contributed by atoms with Crippen LogP contribution in [0.4, 0.5) is 0 Å². The Morgan fingerprint density at radius 1 is 0.762 bits per heavy atom. The van der Waals surface area contributed by atoms with Crippen molar-refractivity contribution in [3.63, 3.8) is 0 Å². The van der Waals surface area contributed by atoms with Crippen molar-refractivity contribution in [1.82, 2.24) is 0 Å². The molecule has 0 radical (unpaired) electrons. The van der Waals surface area contributed by atoms with Crippen LogP contribution in [-0.4, -0.2) is 77.6 Å². The van der Waals surface area contributed by atoms with Crippen molar-refractivity contribution in [1.29, 1.82) is 0 Å². The van der Waals surface area contributed by atoms with Gasteiger partial charge in [-0.15, -0.1) is 0 Å². The van der Waals surface area contributed by atoms with E-state index in [0.29, 0.717) is 13.2 Å². The first-order valence-electron chi connectivity index (χ1n) is 7.39. The summed E-state index contributed by atoms with van der Waals surface area (Å²) in [6.45, 7) is 3.39. The maximum atomic E-state index is 6.04. The molecule has 1 rings (SSSR count). The lowest BCUT2D eigenvalue weighted by Gasteiger charge is -2.27. The Morgan fingerprint density at radius 2 is 1.19 bits per heavy atom. The van der Waals surface area contributed by atoms with Crippen LogP contribution in [0, 0.1) is 0 Å². The van der Waals surface area contributed by atoms with E-state index in [9.17, 15) is 0 Å². The second-order valence-electron chi connectivity index (χ2n) is 7.29. The van der Waals surface area contributed by atoms with E-state index in [-0.39, 0.29) is 0 Å². The van der Waals surface area contributed by atoms with Gasteiger partial charge in [-0.1, -0.05) is 18.2 Å². The number of hydrogen-bond donors (Lipinski definition) is 0. The predicted molar refractivity (Wildman–Crippen MR) is 90.7 cm³/mol. The van der Waals surface area contributed by atoms with Gasteiger partial charge in [-0.05, 0) is 12.1 Å². The summed E-state index contributed by atoms with van der Waals surface area (Å²) >= 11 is 0. The van der Waals surface area contributed by atoms with Gasteiger partial charge in [-0.3, -0.25) is 0 Å². The van der Waals surface area contributed by atoms with Crippen molar-refractivity contribution < 1.29 is 18.0 Å². The quantitative estimate of drug-likeness (QED) is 0.513. The first kappa shape index (κ1) is 18.5. The molecule has 0 aromatic heterocycles. The van der Waals surface area contributed by atoms with Crippen molar-refractivity contribution in [3.05, 3.63) is 30.3 Å². The zero-order valence-electron chi connectivity index (χ0n) is 14.4. The number of likely N-dealkylation sites (N-methyl/N-ethyl adjacent to an activating group) is 2. The normalized spacial score (nSPS) is 12.9. The molecule has 0 spiro atoms. The smallest absolute Gasteiger partial charge is 0.205 e. The van der Waals surface area contributed by atoms with E-state index in [0.717, 1.165) is 27.4 Å². The second-order valence-corrected chi connectivity index (χ2v) is 8.83. The van der Waals surface area contributed by atoms with E-state index >= 15 is 0 Å². The lowest BCUT2D eigenvalue weighted by molar-refractivity contribution is -0.870. The van der Waals surface area contributed by atoms with Crippen LogP contribution < -0.4 is 5.30 Å². The average molecular weight is 314 g/mol. The second kappa shape index (κ2) is 8.21. The summed E-state index contributed by atoms with van der Waals surface area (Å²) in [6.07, 6.45) is 0. The molecule has 0 unspecified atom stereocenters. The van der Waals surface area contributed by atoms with E-state index < -0.39 is 8.38 Å². The molecule has 120 valence electrons. The SMILES string of the molecule is C[N+](C)(C)CCOP(OCC[N+](C)(C)C)c1ccccc1. The first-order valence-corrected chi connectivity index (χ1v) is 8.57. The molecule has 21 heavy (non-hydrogen) atoms. The average Bonchev–Trinajstić information content (AvgIpc) is 2.35. The van der Waals surface area contributed by atoms with Gasteiger partial charge in [0.05, 0.1) is 42.3 Å². The van der Waals surface area contributed by atoms with E-state index in [4.69, 9.17) is 9.05 Å². The topological polar surface area (TPSA) is 18.5 Å². The van der Waals surface area contributed by atoms with Crippen molar-refractivity contribution in [2.45, 2.75) is 0 Å². The van der Waals surface area contributed by atoms with E-state index in [1.54, 1.807) is 0 Å². The predicted octanol–water partition coefficient (Wildman–Crippen LogP) is 2.07. The minimum absolute atomic E-state index is 0.717. The zero-order chi connectivity index (χ0) is 15.9. The summed E-state index contributed by atoms with van der Waals surface area (Å²) < 4.78 is 13.9. The molecule has 0 amide bonds. The van der Waals surface area contributed by atoms with Crippen LogP contribution >= 0.6 is 8.38 Å². The first-order chi connectivity index (χ1) is 9.67. The molecule has 1 aromatic rings. The Balaban J connectivity index is 2.55. The highest BCUT2D eigenvalue weighted by Gasteiger charge is 2.17. The standard InChI is InChI=1S/C16H31N2O2P/c1-17(2,3)12-14-19-21(16-10-8-7-9-11-16)20-15-13-18(4,5)6/h7-11H,12-15H2,1-6H3/q+2. The van der Waals surface area contributed by atoms with E-state index in [1.165, 1.54) is 0 Å². The van der Waals surface area contributed by atoms with Crippen LogP contribution in [0.25, 0.3) is 0 Å². The maximum Gasteiger partial charge on any atom is 0.205 e. The fraction of sp³-hybridized carbons (Fsp3) is 0.625. The van der Waals surface area contributed by atoms with Crippen LogP contribution in [0.3, 0.4) is 0 Å². The summed E-state index contributed by atoms with van der Waals surface area (Å²) in [4.78, 5) is 0. The Kier molecular flexibility index (Phi) is 7.25. The molecule has 0 saturated carbocycles. The number of benzene rings is 1. The molecular weight excluding hydrogens is 283 g/mol. The van der Waals surface area contributed by atoms with Crippen molar-refractivity contribution >= 4 is 13.7 Å². The number of rotatable bonds is 9. The molecule has 4 nitrogen and oxygen atoms in total. The molecule has 0 atom stereocenters. The molecule has 0 aliphatic rings. The lowest BCUT2D eigenvalue weighted by Crippen LogP contribution is -2.38. The molecule has 0 N–H and O–H groups in total. The Hall–Kier alpha value is -0.510. The van der Waals surface area contributed by atoms with E-state index in [1.807, 2.05) is 18.2 Å². The van der Waals surface area contributed by atoms with Crippen LogP contribution in [0.5, 0.6) is 0 Å². The highest BCUT2D eigenvalue weighted by molar-refractivity contribution is 7.56. The van der Waals surface area contributed by atoms with Crippen LogP contribution in [0.15, 0.2) is 30.3 Å². The minimum atomic E-state index is -0.982. The molecule has 1 aromatic carbocycles. The lowest BCUT2D eigenvalue weighted by atomic mass is 10.4. The molecule has 5 heteroatoms. The van der Waals surface area contributed by atoms with Gasteiger partial charge in [-0.25, -0.2) is 0 Å². The maximum absolute atomic E-state index is 6.04. The Labute approximate surface area is 131 Å². The Morgan fingerprint density at radius 3 is 1.57 bits per heavy atom. The fourth-order valence-electron chi connectivity index (χ4n) is 1.53. The van der Waals surface area contributed by atoms with Gasteiger partial charge in [-0.2, -0.15) is 0 Å². The third kappa shape index (κ3) is 9.18. The molecular formula is C16H31N2O2P+2. The number of hydrogen-bond acceptors (Lipinski definition) is 2. The zero-order valence-corrected chi connectivity index (χ0v) is 15.3. The molecule has 0 aliphatic carbocycles. The van der Waals surface area contributed by atoms with Gasteiger partial charge in [0.15, 0.2) is 0 Å². The summed E-state index contributed by atoms with van der Waals surface area (Å²) in [7, 11) is 12.1. The molecule has 0 heterocycles. The van der Waals surface area contributed by atoms with Crippen molar-refractivity contribution in [2.75, 3.05) is 68.6 Å². The highest BCUT2D eigenvalue weighted by atomic mass is 31.2. The van der Waals surface area contributed by atoms with Gasteiger partial charge >= 0.3 is 0 Å². The number of nitrogens with zero attached hydrogens (tertiary/aromatic N) is 2. The summed E-state index contributed by atoms with van der Waals surface area (Å²) in [5.41, 5.74) is 0. The van der Waals surface area contributed by atoms with Gasteiger partial charge < -0.3 is 18.0 Å². The summed E-state index contributed by atoms with van der Waals surface area (Å²) in [6, 6.07) is 10.3.